The van der Waals surface area contributed by atoms with Crippen molar-refractivity contribution in [2.75, 3.05) is 39.0 Å². The summed E-state index contributed by atoms with van der Waals surface area (Å²) >= 11 is 0. The predicted octanol–water partition coefficient (Wildman–Crippen LogP) is 3.62. The molecule has 218 valence electrons. The second kappa shape index (κ2) is 12.2. The fourth-order valence-electron chi connectivity index (χ4n) is 6.19. The van der Waals surface area contributed by atoms with Gasteiger partial charge in [0.15, 0.2) is 0 Å². The highest BCUT2D eigenvalue weighted by Crippen LogP contribution is 2.28. The Balaban J connectivity index is 1.15. The largest absolute Gasteiger partial charge is 0.398 e. The summed E-state index contributed by atoms with van der Waals surface area (Å²) in [5.74, 6) is 0.533. The van der Waals surface area contributed by atoms with Crippen molar-refractivity contribution in [2.24, 2.45) is 5.92 Å². The molecule has 2 aromatic carbocycles. The van der Waals surface area contributed by atoms with Crippen molar-refractivity contribution >= 4 is 21.4 Å². The van der Waals surface area contributed by atoms with Crippen LogP contribution in [0, 0.1) is 19.8 Å². The Kier molecular flexibility index (Phi) is 8.66. The highest BCUT2D eigenvalue weighted by molar-refractivity contribution is 7.91. The first-order valence-corrected chi connectivity index (χ1v) is 15.9. The first-order chi connectivity index (χ1) is 19.7. The number of aryl methyl sites for hydroxylation is 2. The molecule has 0 aliphatic carbocycles. The lowest BCUT2D eigenvalue weighted by Gasteiger charge is -2.41. The monoisotopic (exact) mass is 577 g/mol. The van der Waals surface area contributed by atoms with Crippen molar-refractivity contribution in [2.45, 2.75) is 61.8 Å². The lowest BCUT2D eigenvalue weighted by molar-refractivity contribution is -0.892. The maximum atomic E-state index is 13.2. The molecule has 0 unspecified atom stereocenters. The number of hydrogen-bond donors (Lipinski definition) is 1. The van der Waals surface area contributed by atoms with Crippen LogP contribution in [0.5, 0.6) is 0 Å². The first kappa shape index (κ1) is 29.1. The van der Waals surface area contributed by atoms with Crippen LogP contribution in [0.25, 0.3) is 0 Å². The Morgan fingerprint density at radius 3 is 2.34 bits per heavy atom. The number of aromatic nitrogens is 1. The smallest absolute Gasteiger partial charge is 0.255 e. The van der Waals surface area contributed by atoms with Crippen molar-refractivity contribution in [3.05, 3.63) is 83.2 Å². The van der Waals surface area contributed by atoms with Gasteiger partial charge in [0, 0.05) is 42.0 Å². The fraction of sp³-hybridized carbons (Fsp3) is 0.438. The first-order valence-electron chi connectivity index (χ1n) is 14.5. The van der Waals surface area contributed by atoms with Crippen molar-refractivity contribution in [1.29, 1.82) is 0 Å². The molecule has 2 fully saturated rings. The minimum absolute atomic E-state index is 0.0347. The molecule has 0 atom stereocenters. The molecule has 8 nitrogen and oxygen atoms in total. The highest BCUT2D eigenvalue weighted by atomic mass is 32.2. The van der Waals surface area contributed by atoms with Crippen molar-refractivity contribution in [3.63, 3.8) is 0 Å². The normalized spacial score (nSPS) is 17.5. The van der Waals surface area contributed by atoms with Gasteiger partial charge in [0.05, 0.1) is 10.5 Å². The van der Waals surface area contributed by atoms with E-state index in [-0.39, 0.29) is 15.7 Å². The summed E-state index contributed by atoms with van der Waals surface area (Å²) in [5, 5.41) is 0. The number of pyridine rings is 1. The molecule has 2 N–H and O–H groups in total. The molecule has 3 aromatic rings. The zero-order valence-electron chi connectivity index (χ0n) is 24.3. The van der Waals surface area contributed by atoms with E-state index in [1.54, 1.807) is 42.3 Å². The van der Waals surface area contributed by atoms with E-state index >= 15 is 0 Å². The Morgan fingerprint density at radius 1 is 0.951 bits per heavy atom. The van der Waals surface area contributed by atoms with Crippen LogP contribution in [0.3, 0.4) is 0 Å². The van der Waals surface area contributed by atoms with Crippen LogP contribution in [0.1, 0.15) is 52.9 Å². The summed E-state index contributed by atoms with van der Waals surface area (Å²) in [6, 6.07) is 16.7. The van der Waals surface area contributed by atoms with Gasteiger partial charge >= 0.3 is 0 Å². The standard InChI is InChI=1S/C32H40N4O4S/c1-23-6-4-8-28(20-23)41(38,39)29-11-10-27(36(22-29)40-3)21-25-12-16-34(17-13-25)26-14-18-35(19-15-26)32(37)30-9-5-7-24(2)31(30)33/h4-11,20,22,25-26H,12-19,21H2,1-3H3,(H-,33,37)/p+1. The maximum absolute atomic E-state index is 13.2. The third-order valence-corrected chi connectivity index (χ3v) is 10.5. The van der Waals surface area contributed by atoms with Crippen LogP contribution in [0.15, 0.2) is 70.6 Å². The molecule has 2 aliphatic rings. The average molecular weight is 578 g/mol. The number of carbonyl (C=O) groups excluding carboxylic acids is 1. The van der Waals surface area contributed by atoms with Crippen molar-refractivity contribution in [3.8, 4) is 0 Å². The number of carbonyl (C=O) groups is 1. The number of hydrogen-bond acceptors (Lipinski definition) is 6. The molecule has 0 saturated carbocycles. The summed E-state index contributed by atoms with van der Waals surface area (Å²) < 4.78 is 28.0. The van der Waals surface area contributed by atoms with Crippen LogP contribution in [0.2, 0.25) is 0 Å². The lowest BCUT2D eigenvalue weighted by atomic mass is 9.90. The van der Waals surface area contributed by atoms with Crippen LogP contribution in [0.4, 0.5) is 5.69 Å². The maximum Gasteiger partial charge on any atom is 0.255 e. The molecule has 2 aliphatic heterocycles. The average Bonchev–Trinajstić information content (AvgIpc) is 2.99. The number of benzene rings is 2. The number of rotatable bonds is 7. The Hall–Kier alpha value is -3.43. The van der Waals surface area contributed by atoms with Gasteiger partial charge in [0.1, 0.15) is 12.0 Å². The molecule has 9 heteroatoms. The number of nitrogen functional groups attached to an aromatic ring is 1. The lowest BCUT2D eigenvalue weighted by Crippen LogP contribution is -2.50. The SMILES string of the molecule is CO[n+]1cc(S(=O)(=O)c2cccc(C)c2)ccc1CC1CCN(C2CCN(C(=O)c3cccc(C)c3N)CC2)CC1. The Morgan fingerprint density at radius 2 is 1.66 bits per heavy atom. The van der Waals surface area contributed by atoms with Crippen LogP contribution in [-0.4, -0.2) is 63.5 Å². The van der Waals surface area contributed by atoms with Crippen molar-refractivity contribution in [1.82, 2.24) is 9.80 Å². The zero-order valence-corrected chi connectivity index (χ0v) is 25.1. The van der Waals surface area contributed by atoms with E-state index in [1.807, 2.05) is 49.1 Å². The quantitative estimate of drug-likeness (QED) is 0.340. The third kappa shape index (κ3) is 6.26. The molecule has 1 amide bonds. The van der Waals surface area contributed by atoms with Gasteiger partial charge in [-0.3, -0.25) is 9.63 Å². The molecule has 0 bridgehead atoms. The van der Waals surface area contributed by atoms with Crippen LogP contribution in [-0.2, 0) is 16.3 Å². The van der Waals surface area contributed by atoms with Gasteiger partial charge in [0.2, 0.25) is 21.7 Å². The number of amides is 1. The van der Waals surface area contributed by atoms with E-state index in [2.05, 4.69) is 4.90 Å². The molecule has 5 rings (SSSR count). The summed E-state index contributed by atoms with van der Waals surface area (Å²) in [4.78, 5) is 23.7. The fourth-order valence-corrected chi connectivity index (χ4v) is 7.54. The van der Waals surface area contributed by atoms with Gasteiger partial charge in [-0.15, -0.1) is 0 Å². The summed E-state index contributed by atoms with van der Waals surface area (Å²) in [7, 11) is -2.06. The summed E-state index contributed by atoms with van der Waals surface area (Å²) in [6.45, 7) is 7.38. The minimum Gasteiger partial charge on any atom is -0.398 e. The molecule has 3 heterocycles. The second-order valence-corrected chi connectivity index (χ2v) is 13.4. The molecular weight excluding hydrogens is 536 g/mol. The third-order valence-electron chi connectivity index (χ3n) is 8.74. The highest BCUT2D eigenvalue weighted by Gasteiger charge is 2.32. The predicted molar refractivity (Wildman–Crippen MR) is 158 cm³/mol. The molecule has 1 aromatic heterocycles. The molecule has 41 heavy (non-hydrogen) atoms. The van der Waals surface area contributed by atoms with E-state index < -0.39 is 9.84 Å². The van der Waals surface area contributed by atoms with Crippen LogP contribution < -0.4 is 15.3 Å². The number of piperidine rings is 2. The van der Waals surface area contributed by atoms with Gasteiger partial charge in [0.25, 0.3) is 5.91 Å². The van der Waals surface area contributed by atoms with E-state index in [0.29, 0.717) is 23.2 Å². The summed E-state index contributed by atoms with van der Waals surface area (Å²) in [6.07, 6.45) is 6.52. The number of anilines is 1. The zero-order chi connectivity index (χ0) is 29.1. The number of nitrogens with zero attached hydrogens (tertiary/aromatic N) is 3. The van der Waals surface area contributed by atoms with Gasteiger partial charge in [-0.05, 0) is 93.9 Å². The second-order valence-electron chi connectivity index (χ2n) is 11.4. The number of para-hydroxylation sites is 1. The van der Waals surface area contributed by atoms with E-state index in [9.17, 15) is 13.2 Å². The van der Waals surface area contributed by atoms with E-state index in [0.717, 1.165) is 75.1 Å². The van der Waals surface area contributed by atoms with Gasteiger partial charge in [-0.2, -0.15) is 0 Å². The van der Waals surface area contributed by atoms with Gasteiger partial charge in [-0.25, -0.2) is 8.42 Å². The van der Waals surface area contributed by atoms with E-state index in [4.69, 9.17) is 10.6 Å². The molecular formula is C32H41N4O4S+. The molecule has 0 radical (unpaired) electrons. The van der Waals surface area contributed by atoms with Gasteiger partial charge < -0.3 is 15.5 Å². The molecule has 0 spiro atoms. The number of likely N-dealkylation sites (tertiary alicyclic amines) is 2. The number of sulfone groups is 1. The van der Waals surface area contributed by atoms with Crippen molar-refractivity contribution < 1.29 is 22.8 Å². The van der Waals surface area contributed by atoms with E-state index in [1.165, 1.54) is 0 Å². The topological polar surface area (TPSA) is 96.8 Å². The van der Waals surface area contributed by atoms with Gasteiger partial charge in [-0.1, -0.05) is 24.3 Å². The molecule has 2 saturated heterocycles. The Labute approximate surface area is 243 Å². The number of nitrogens with two attached hydrogens (primary N) is 1. The Bertz CT molecular complexity index is 1510. The minimum atomic E-state index is -3.63. The summed E-state index contributed by atoms with van der Waals surface area (Å²) in [5.41, 5.74) is 10.2. The van der Waals surface area contributed by atoms with Crippen LogP contribution >= 0.6 is 0 Å².